The van der Waals surface area contributed by atoms with Gasteiger partial charge in [-0.2, -0.15) is 0 Å². The molecular weight excluding hydrogens is 287 g/mol. The highest BCUT2D eigenvalue weighted by Crippen LogP contribution is 2.22. The largest absolute Gasteiger partial charge is 0.360 e. The minimum Gasteiger partial charge on any atom is -0.360 e. The van der Waals surface area contributed by atoms with Gasteiger partial charge in [0, 0.05) is 12.6 Å². The van der Waals surface area contributed by atoms with E-state index in [-0.39, 0.29) is 0 Å². The molecule has 1 fully saturated rings. The van der Waals surface area contributed by atoms with Gasteiger partial charge in [0.1, 0.15) is 0 Å². The van der Waals surface area contributed by atoms with Crippen molar-refractivity contribution in [3.63, 3.8) is 0 Å². The molecule has 0 atom stereocenters. The minimum atomic E-state index is 0.541. The lowest BCUT2D eigenvalue weighted by Crippen LogP contribution is -2.40. The molecule has 1 saturated carbocycles. The molecule has 0 saturated heterocycles. The second-order valence-electron chi connectivity index (χ2n) is 4.56. The van der Waals surface area contributed by atoms with Crippen molar-refractivity contribution in [3.05, 3.63) is 33.8 Å². The maximum absolute atomic E-state index is 5.96. The molecule has 0 aromatic heterocycles. The molecule has 1 aromatic rings. The van der Waals surface area contributed by atoms with Crippen LogP contribution in [0.25, 0.3) is 0 Å². The molecule has 1 aliphatic carbocycles. The van der Waals surface area contributed by atoms with Crippen molar-refractivity contribution in [1.29, 1.82) is 0 Å². The summed E-state index contributed by atoms with van der Waals surface area (Å²) in [6.45, 7) is 0.662. The SMILES string of the molecule is S=C(NCc1ccc(Cl)c(Cl)c1)NC1CCCC1. The summed E-state index contributed by atoms with van der Waals surface area (Å²) in [4.78, 5) is 0. The minimum absolute atomic E-state index is 0.541. The van der Waals surface area contributed by atoms with Crippen LogP contribution in [-0.2, 0) is 6.54 Å². The Morgan fingerprint density at radius 3 is 2.61 bits per heavy atom. The Hall–Kier alpha value is -0.510. The molecular formula is C13H16Cl2N2S. The van der Waals surface area contributed by atoms with Crippen LogP contribution in [0.15, 0.2) is 18.2 Å². The molecule has 0 spiro atoms. The van der Waals surface area contributed by atoms with Gasteiger partial charge in [0.05, 0.1) is 10.0 Å². The van der Waals surface area contributed by atoms with Crippen LogP contribution in [-0.4, -0.2) is 11.2 Å². The summed E-state index contributed by atoms with van der Waals surface area (Å²) >= 11 is 17.1. The van der Waals surface area contributed by atoms with Crippen molar-refractivity contribution in [1.82, 2.24) is 10.6 Å². The Morgan fingerprint density at radius 2 is 1.94 bits per heavy atom. The quantitative estimate of drug-likeness (QED) is 0.828. The van der Waals surface area contributed by atoms with Crippen molar-refractivity contribution in [3.8, 4) is 0 Å². The van der Waals surface area contributed by atoms with Gasteiger partial charge < -0.3 is 10.6 Å². The molecule has 5 heteroatoms. The Kier molecular flexibility index (Phi) is 5.10. The highest BCUT2D eigenvalue weighted by Gasteiger charge is 2.15. The molecule has 1 aliphatic rings. The van der Waals surface area contributed by atoms with E-state index in [2.05, 4.69) is 10.6 Å². The van der Waals surface area contributed by atoms with Crippen LogP contribution in [0.5, 0.6) is 0 Å². The molecule has 2 rings (SSSR count). The number of nitrogens with one attached hydrogen (secondary N) is 2. The zero-order chi connectivity index (χ0) is 13.0. The summed E-state index contributed by atoms with van der Waals surface area (Å²) in [6, 6.07) is 6.14. The van der Waals surface area contributed by atoms with Crippen LogP contribution < -0.4 is 10.6 Å². The van der Waals surface area contributed by atoms with Crippen molar-refractivity contribution in [2.24, 2.45) is 0 Å². The lowest BCUT2D eigenvalue weighted by Gasteiger charge is -2.15. The van der Waals surface area contributed by atoms with E-state index in [4.69, 9.17) is 35.4 Å². The fraction of sp³-hybridized carbons (Fsp3) is 0.462. The summed E-state index contributed by atoms with van der Waals surface area (Å²) in [5.74, 6) is 0. The van der Waals surface area contributed by atoms with E-state index in [1.165, 1.54) is 25.7 Å². The van der Waals surface area contributed by atoms with Gasteiger partial charge in [0.2, 0.25) is 0 Å². The van der Waals surface area contributed by atoms with E-state index in [9.17, 15) is 0 Å². The number of thiocarbonyl (C=S) groups is 1. The molecule has 0 radical (unpaired) electrons. The maximum Gasteiger partial charge on any atom is 0.166 e. The Bertz CT molecular complexity index is 431. The van der Waals surface area contributed by atoms with Crippen molar-refractivity contribution in [2.45, 2.75) is 38.3 Å². The fourth-order valence-corrected chi connectivity index (χ4v) is 2.70. The fourth-order valence-electron chi connectivity index (χ4n) is 2.14. The van der Waals surface area contributed by atoms with Gasteiger partial charge in [-0.05, 0) is 42.8 Å². The van der Waals surface area contributed by atoms with Gasteiger partial charge in [-0.1, -0.05) is 42.1 Å². The Labute approximate surface area is 123 Å². The second-order valence-corrected chi connectivity index (χ2v) is 5.78. The maximum atomic E-state index is 5.96. The molecule has 0 bridgehead atoms. The monoisotopic (exact) mass is 302 g/mol. The molecule has 0 aliphatic heterocycles. The van der Waals surface area contributed by atoms with Crippen LogP contribution in [0.3, 0.4) is 0 Å². The highest BCUT2D eigenvalue weighted by atomic mass is 35.5. The van der Waals surface area contributed by atoms with Crippen LogP contribution in [0.1, 0.15) is 31.2 Å². The summed E-state index contributed by atoms with van der Waals surface area (Å²) in [5.41, 5.74) is 1.07. The molecule has 0 amide bonds. The van der Waals surface area contributed by atoms with Gasteiger partial charge in [-0.15, -0.1) is 0 Å². The normalized spacial score (nSPS) is 15.7. The predicted molar refractivity (Wildman–Crippen MR) is 81.3 cm³/mol. The average Bonchev–Trinajstić information content (AvgIpc) is 2.83. The molecule has 98 valence electrons. The smallest absolute Gasteiger partial charge is 0.166 e. The van der Waals surface area contributed by atoms with Crippen molar-refractivity contribution < 1.29 is 0 Å². The first-order chi connectivity index (χ1) is 8.65. The molecule has 18 heavy (non-hydrogen) atoms. The number of rotatable bonds is 3. The molecule has 0 heterocycles. The lowest BCUT2D eigenvalue weighted by molar-refractivity contribution is 0.621. The molecule has 0 unspecified atom stereocenters. The first-order valence-electron chi connectivity index (χ1n) is 6.13. The van der Waals surface area contributed by atoms with Crippen LogP contribution in [0.4, 0.5) is 0 Å². The van der Waals surface area contributed by atoms with Gasteiger partial charge in [-0.25, -0.2) is 0 Å². The molecule has 2 N–H and O–H groups in total. The third kappa shape index (κ3) is 4.01. The van der Waals surface area contributed by atoms with Gasteiger partial charge >= 0.3 is 0 Å². The van der Waals surface area contributed by atoms with Crippen LogP contribution in [0.2, 0.25) is 10.0 Å². The average molecular weight is 303 g/mol. The zero-order valence-corrected chi connectivity index (χ0v) is 12.3. The van der Waals surface area contributed by atoms with Crippen LogP contribution in [0, 0.1) is 0 Å². The predicted octanol–water partition coefficient (Wildman–Crippen LogP) is 3.90. The summed E-state index contributed by atoms with van der Waals surface area (Å²) in [5, 5.41) is 8.39. The van der Waals surface area contributed by atoms with Gasteiger partial charge in [0.15, 0.2) is 5.11 Å². The summed E-state index contributed by atoms with van der Waals surface area (Å²) in [7, 11) is 0. The molecule has 2 nitrogen and oxygen atoms in total. The van der Waals surface area contributed by atoms with E-state index in [0.29, 0.717) is 27.7 Å². The van der Waals surface area contributed by atoms with E-state index in [1.54, 1.807) is 6.07 Å². The third-order valence-electron chi connectivity index (χ3n) is 3.13. The van der Waals surface area contributed by atoms with Crippen molar-refractivity contribution >= 4 is 40.5 Å². The van der Waals surface area contributed by atoms with Crippen LogP contribution >= 0.6 is 35.4 Å². The van der Waals surface area contributed by atoms with Crippen molar-refractivity contribution in [2.75, 3.05) is 0 Å². The summed E-state index contributed by atoms with van der Waals surface area (Å²) in [6.07, 6.45) is 5.03. The second kappa shape index (κ2) is 6.60. The first kappa shape index (κ1) is 13.9. The zero-order valence-electron chi connectivity index (χ0n) is 10.0. The van der Waals surface area contributed by atoms with Gasteiger partial charge in [-0.3, -0.25) is 0 Å². The van der Waals surface area contributed by atoms with Gasteiger partial charge in [0.25, 0.3) is 0 Å². The topological polar surface area (TPSA) is 24.1 Å². The number of hydrogen-bond acceptors (Lipinski definition) is 1. The molecule has 1 aromatic carbocycles. The summed E-state index contributed by atoms with van der Waals surface area (Å²) < 4.78 is 0. The Morgan fingerprint density at radius 1 is 1.22 bits per heavy atom. The number of benzene rings is 1. The number of halogens is 2. The first-order valence-corrected chi connectivity index (χ1v) is 7.30. The van der Waals surface area contributed by atoms with E-state index >= 15 is 0 Å². The van der Waals surface area contributed by atoms with E-state index < -0.39 is 0 Å². The van der Waals surface area contributed by atoms with E-state index in [1.807, 2.05) is 12.1 Å². The standard InChI is InChI=1S/C13H16Cl2N2S/c14-11-6-5-9(7-12(11)15)8-16-13(18)17-10-3-1-2-4-10/h5-7,10H,1-4,8H2,(H2,16,17,18). The highest BCUT2D eigenvalue weighted by molar-refractivity contribution is 7.80. The number of hydrogen-bond donors (Lipinski definition) is 2. The van der Waals surface area contributed by atoms with E-state index in [0.717, 1.165) is 5.56 Å². The lowest BCUT2D eigenvalue weighted by atomic mass is 10.2. The Balaban J connectivity index is 1.79. The third-order valence-corrected chi connectivity index (χ3v) is 4.13.